The first-order chi connectivity index (χ1) is 6.87. The van der Waals surface area contributed by atoms with Crippen molar-refractivity contribution in [2.24, 2.45) is 0 Å². The molecule has 2 nitrogen and oxygen atoms in total. The molecule has 1 saturated heterocycles. The topological polar surface area (TPSA) is 29.1 Å². The van der Waals surface area contributed by atoms with Gasteiger partial charge in [0.2, 0.25) is 0 Å². The van der Waals surface area contributed by atoms with Gasteiger partial charge in [-0.2, -0.15) is 0 Å². The van der Waals surface area contributed by atoms with Gasteiger partial charge in [0.05, 0.1) is 5.41 Å². The third-order valence-corrected chi connectivity index (χ3v) is 3.07. The highest BCUT2D eigenvalue weighted by Gasteiger charge is 2.33. The zero-order valence-corrected chi connectivity index (χ0v) is 9.43. The molecule has 0 radical (unpaired) electrons. The molecule has 82 valence electrons. The van der Waals surface area contributed by atoms with Crippen LogP contribution in [0.15, 0.2) is 30.3 Å². The van der Waals surface area contributed by atoms with Crippen molar-refractivity contribution < 1.29 is 4.79 Å². The minimum atomic E-state index is -0.230. The van der Waals surface area contributed by atoms with E-state index in [-0.39, 0.29) is 17.8 Å². The molecule has 1 fully saturated rings. The number of aldehydes is 1. The molecule has 1 aromatic rings. The molecule has 0 atom stereocenters. The molecule has 0 aliphatic carbocycles. The maximum Gasteiger partial charge on any atom is 0.130 e. The summed E-state index contributed by atoms with van der Waals surface area (Å²) in [5, 5.41) is 3.28. The molecule has 1 heterocycles. The molecule has 3 heteroatoms. The van der Waals surface area contributed by atoms with E-state index in [4.69, 9.17) is 0 Å². The number of nitrogens with one attached hydrogen (secondary N) is 1. The van der Waals surface area contributed by atoms with Gasteiger partial charge in [0.15, 0.2) is 0 Å². The van der Waals surface area contributed by atoms with E-state index < -0.39 is 0 Å². The Morgan fingerprint density at radius 1 is 1.13 bits per heavy atom. The van der Waals surface area contributed by atoms with Crippen molar-refractivity contribution in [2.45, 2.75) is 18.3 Å². The van der Waals surface area contributed by atoms with E-state index in [0.717, 1.165) is 37.8 Å². The van der Waals surface area contributed by atoms with Crippen LogP contribution >= 0.6 is 12.4 Å². The van der Waals surface area contributed by atoms with Gasteiger partial charge < -0.3 is 10.1 Å². The second-order valence-corrected chi connectivity index (χ2v) is 3.89. The summed E-state index contributed by atoms with van der Waals surface area (Å²) >= 11 is 0. The average Bonchev–Trinajstić information content (AvgIpc) is 2.31. The summed E-state index contributed by atoms with van der Waals surface area (Å²) in [6, 6.07) is 10.1. The molecule has 1 aliphatic rings. The number of carbonyl (C=O) groups is 1. The van der Waals surface area contributed by atoms with E-state index in [1.54, 1.807) is 0 Å². The highest BCUT2D eigenvalue weighted by atomic mass is 35.5. The van der Waals surface area contributed by atoms with Crippen LogP contribution in [0.1, 0.15) is 18.4 Å². The lowest BCUT2D eigenvalue weighted by Gasteiger charge is -2.32. The molecule has 0 aromatic heterocycles. The quantitative estimate of drug-likeness (QED) is 0.780. The molecule has 2 rings (SSSR count). The molecule has 1 N–H and O–H groups in total. The van der Waals surface area contributed by atoms with E-state index in [9.17, 15) is 4.79 Å². The Hall–Kier alpha value is -0.860. The lowest BCUT2D eigenvalue weighted by Crippen LogP contribution is -2.40. The van der Waals surface area contributed by atoms with Crippen LogP contribution in [-0.2, 0) is 10.2 Å². The van der Waals surface area contributed by atoms with Crippen LogP contribution in [0.25, 0.3) is 0 Å². The normalized spacial score (nSPS) is 18.9. The fraction of sp³-hybridized carbons (Fsp3) is 0.417. The number of carbonyl (C=O) groups excluding carboxylic acids is 1. The largest absolute Gasteiger partial charge is 0.317 e. The van der Waals surface area contributed by atoms with Gasteiger partial charge in [-0.1, -0.05) is 30.3 Å². The van der Waals surface area contributed by atoms with Gasteiger partial charge in [0.1, 0.15) is 6.29 Å². The molecular formula is C12H16ClNO. The summed E-state index contributed by atoms with van der Waals surface area (Å²) in [5.74, 6) is 0. The van der Waals surface area contributed by atoms with Gasteiger partial charge in [-0.3, -0.25) is 0 Å². The van der Waals surface area contributed by atoms with Crippen LogP contribution in [0.4, 0.5) is 0 Å². The van der Waals surface area contributed by atoms with Gasteiger partial charge in [-0.05, 0) is 31.5 Å². The predicted molar refractivity (Wildman–Crippen MR) is 63.5 cm³/mol. The second-order valence-electron chi connectivity index (χ2n) is 3.89. The Labute approximate surface area is 96.5 Å². The summed E-state index contributed by atoms with van der Waals surface area (Å²) in [6.45, 7) is 1.88. The second kappa shape index (κ2) is 5.29. The number of piperidine rings is 1. The first-order valence-corrected chi connectivity index (χ1v) is 5.10. The third kappa shape index (κ3) is 2.39. The van der Waals surface area contributed by atoms with Gasteiger partial charge >= 0.3 is 0 Å². The molecule has 0 saturated carbocycles. The van der Waals surface area contributed by atoms with E-state index in [1.807, 2.05) is 18.2 Å². The molecule has 0 bridgehead atoms. The zero-order chi connectivity index (χ0) is 9.86. The first kappa shape index (κ1) is 12.2. The third-order valence-electron chi connectivity index (χ3n) is 3.07. The minimum absolute atomic E-state index is 0. The smallest absolute Gasteiger partial charge is 0.130 e. The van der Waals surface area contributed by atoms with Gasteiger partial charge in [0, 0.05) is 0 Å². The maximum atomic E-state index is 11.3. The van der Waals surface area contributed by atoms with E-state index in [1.165, 1.54) is 0 Å². The highest BCUT2D eigenvalue weighted by molar-refractivity contribution is 5.85. The molecule has 15 heavy (non-hydrogen) atoms. The van der Waals surface area contributed by atoms with Crippen LogP contribution in [0.5, 0.6) is 0 Å². The van der Waals surface area contributed by atoms with Crippen LogP contribution in [0, 0.1) is 0 Å². The van der Waals surface area contributed by atoms with Gasteiger partial charge in [-0.15, -0.1) is 12.4 Å². The van der Waals surface area contributed by atoms with Crippen molar-refractivity contribution in [3.63, 3.8) is 0 Å². The lowest BCUT2D eigenvalue weighted by atomic mass is 9.74. The fourth-order valence-electron chi connectivity index (χ4n) is 2.12. The molecule has 0 spiro atoms. The van der Waals surface area contributed by atoms with Gasteiger partial charge in [-0.25, -0.2) is 0 Å². The SMILES string of the molecule is Cl.O=CC1(c2ccccc2)CCNCC1. The number of hydrogen-bond acceptors (Lipinski definition) is 2. The van der Waals surface area contributed by atoms with Crippen LogP contribution in [-0.4, -0.2) is 19.4 Å². The summed E-state index contributed by atoms with van der Waals surface area (Å²) in [4.78, 5) is 11.3. The Morgan fingerprint density at radius 2 is 1.73 bits per heavy atom. The Kier molecular flexibility index (Phi) is 4.30. The van der Waals surface area contributed by atoms with Crippen molar-refractivity contribution in [2.75, 3.05) is 13.1 Å². The fourth-order valence-corrected chi connectivity index (χ4v) is 2.12. The Balaban J connectivity index is 0.00000112. The lowest BCUT2D eigenvalue weighted by molar-refractivity contribution is -0.113. The standard InChI is InChI=1S/C12H15NO.ClH/c14-10-12(6-8-13-9-7-12)11-4-2-1-3-5-11;/h1-5,10,13H,6-9H2;1H. The number of hydrogen-bond donors (Lipinski definition) is 1. The van der Waals surface area contributed by atoms with E-state index in [2.05, 4.69) is 17.4 Å². The zero-order valence-electron chi connectivity index (χ0n) is 8.61. The molecule has 0 amide bonds. The number of halogens is 1. The van der Waals surface area contributed by atoms with Crippen LogP contribution in [0.3, 0.4) is 0 Å². The number of benzene rings is 1. The van der Waals surface area contributed by atoms with Crippen LogP contribution < -0.4 is 5.32 Å². The van der Waals surface area contributed by atoms with Crippen molar-refractivity contribution in [1.82, 2.24) is 5.32 Å². The Bertz CT molecular complexity index is 307. The molecule has 1 aliphatic heterocycles. The molecule has 1 aromatic carbocycles. The summed E-state index contributed by atoms with van der Waals surface area (Å²) in [6.07, 6.45) is 2.96. The Morgan fingerprint density at radius 3 is 2.27 bits per heavy atom. The van der Waals surface area contributed by atoms with E-state index in [0.29, 0.717) is 0 Å². The number of rotatable bonds is 2. The summed E-state index contributed by atoms with van der Waals surface area (Å²) in [7, 11) is 0. The first-order valence-electron chi connectivity index (χ1n) is 5.10. The molecule has 0 unspecified atom stereocenters. The minimum Gasteiger partial charge on any atom is -0.317 e. The maximum absolute atomic E-state index is 11.3. The van der Waals surface area contributed by atoms with Gasteiger partial charge in [0.25, 0.3) is 0 Å². The summed E-state index contributed by atoms with van der Waals surface area (Å²) in [5.41, 5.74) is 0.934. The predicted octanol–water partition coefficient (Wildman–Crippen LogP) is 1.93. The van der Waals surface area contributed by atoms with Crippen LogP contribution in [0.2, 0.25) is 0 Å². The van der Waals surface area contributed by atoms with Crippen molar-refractivity contribution in [3.8, 4) is 0 Å². The summed E-state index contributed by atoms with van der Waals surface area (Å²) < 4.78 is 0. The monoisotopic (exact) mass is 225 g/mol. The van der Waals surface area contributed by atoms with Crippen molar-refractivity contribution in [1.29, 1.82) is 0 Å². The highest BCUT2D eigenvalue weighted by Crippen LogP contribution is 2.30. The average molecular weight is 226 g/mol. The molecular weight excluding hydrogens is 210 g/mol. The van der Waals surface area contributed by atoms with Crippen molar-refractivity contribution >= 4 is 18.7 Å². The van der Waals surface area contributed by atoms with Crippen molar-refractivity contribution in [3.05, 3.63) is 35.9 Å². The van der Waals surface area contributed by atoms with E-state index >= 15 is 0 Å².